The molecule has 1 heterocycles. The second-order valence-electron chi connectivity index (χ2n) is 3.73. The van der Waals surface area contributed by atoms with Gasteiger partial charge < -0.3 is 14.7 Å². The minimum absolute atomic E-state index is 0.0743. The van der Waals surface area contributed by atoms with Crippen LogP contribution in [-0.2, 0) is 0 Å². The lowest BCUT2D eigenvalue weighted by Crippen LogP contribution is -2.42. The Kier molecular flexibility index (Phi) is 2.33. The summed E-state index contributed by atoms with van der Waals surface area (Å²) in [4.78, 5) is 2.07. The van der Waals surface area contributed by atoms with Crippen LogP contribution in [0.25, 0.3) is 0 Å². The first-order valence-corrected chi connectivity index (χ1v) is 4.79. The second kappa shape index (κ2) is 3.50. The molecule has 1 aliphatic heterocycles. The van der Waals surface area contributed by atoms with Gasteiger partial charge >= 0.3 is 0 Å². The van der Waals surface area contributed by atoms with E-state index in [1.54, 1.807) is 0 Å². The fourth-order valence-electron chi connectivity index (χ4n) is 1.70. The molecule has 3 heteroatoms. The highest BCUT2D eigenvalue weighted by Gasteiger charge is 2.23. The summed E-state index contributed by atoms with van der Waals surface area (Å²) < 4.78 is 5.58. The molecule has 0 fully saturated rings. The van der Waals surface area contributed by atoms with E-state index < -0.39 is 0 Å². The van der Waals surface area contributed by atoms with Crippen molar-refractivity contribution in [2.45, 2.75) is 13.0 Å². The first-order valence-electron chi connectivity index (χ1n) is 4.79. The average molecular weight is 193 g/mol. The Balaban J connectivity index is 2.36. The number of aryl methyl sites for hydroxylation is 1. The Labute approximate surface area is 83.9 Å². The van der Waals surface area contributed by atoms with E-state index in [0.717, 1.165) is 11.4 Å². The Hall–Kier alpha value is -1.22. The number of hydrogen-bond donors (Lipinski definition) is 1. The van der Waals surface area contributed by atoms with Crippen molar-refractivity contribution in [3.63, 3.8) is 0 Å². The molecule has 0 spiro atoms. The lowest BCUT2D eigenvalue weighted by atomic mass is 10.1. The highest BCUT2D eigenvalue weighted by molar-refractivity contribution is 5.61. The van der Waals surface area contributed by atoms with Crippen molar-refractivity contribution in [1.29, 1.82) is 0 Å². The zero-order valence-electron chi connectivity index (χ0n) is 8.53. The minimum atomic E-state index is 0.0743. The third-order valence-electron chi connectivity index (χ3n) is 2.68. The van der Waals surface area contributed by atoms with E-state index in [0.29, 0.717) is 6.61 Å². The van der Waals surface area contributed by atoms with Crippen LogP contribution < -0.4 is 9.64 Å². The predicted molar refractivity (Wildman–Crippen MR) is 56.0 cm³/mol. The highest BCUT2D eigenvalue weighted by atomic mass is 16.5. The fourth-order valence-corrected chi connectivity index (χ4v) is 1.70. The zero-order valence-corrected chi connectivity index (χ0v) is 8.53. The van der Waals surface area contributed by atoms with Gasteiger partial charge in [0, 0.05) is 7.05 Å². The molecule has 1 N–H and O–H groups in total. The molecule has 0 aliphatic carbocycles. The molecule has 0 bridgehead atoms. The Bertz CT molecular complexity index is 338. The van der Waals surface area contributed by atoms with Gasteiger partial charge in [0.25, 0.3) is 0 Å². The zero-order chi connectivity index (χ0) is 10.1. The number of aliphatic hydroxyl groups is 1. The molecule has 14 heavy (non-hydrogen) atoms. The summed E-state index contributed by atoms with van der Waals surface area (Å²) in [6, 6.07) is 6.19. The SMILES string of the molecule is Cc1ccc2c(c1)OCC(CO)N2C. The van der Waals surface area contributed by atoms with E-state index in [1.807, 2.05) is 26.1 Å². The van der Waals surface area contributed by atoms with Crippen molar-refractivity contribution in [3.8, 4) is 5.75 Å². The van der Waals surface area contributed by atoms with Gasteiger partial charge in [-0.05, 0) is 24.6 Å². The Morgan fingerprint density at radius 3 is 3.07 bits per heavy atom. The molecule has 3 nitrogen and oxygen atoms in total. The predicted octanol–water partition coefficient (Wildman–Crippen LogP) is 1.18. The van der Waals surface area contributed by atoms with Crippen molar-refractivity contribution in [3.05, 3.63) is 23.8 Å². The van der Waals surface area contributed by atoms with Crippen LogP contribution in [0.15, 0.2) is 18.2 Å². The maximum Gasteiger partial charge on any atom is 0.142 e. The topological polar surface area (TPSA) is 32.7 Å². The number of hydrogen-bond acceptors (Lipinski definition) is 3. The van der Waals surface area contributed by atoms with Crippen LogP contribution in [0.2, 0.25) is 0 Å². The molecular formula is C11H15NO2. The summed E-state index contributed by atoms with van der Waals surface area (Å²) in [5.74, 6) is 0.914. The third kappa shape index (κ3) is 1.44. The van der Waals surface area contributed by atoms with Crippen LogP contribution in [-0.4, -0.2) is 31.4 Å². The first-order chi connectivity index (χ1) is 6.72. The number of ether oxygens (including phenoxy) is 1. The summed E-state index contributed by atoms with van der Waals surface area (Å²) in [6.07, 6.45) is 0. The van der Waals surface area contributed by atoms with Crippen LogP contribution >= 0.6 is 0 Å². The molecule has 1 unspecified atom stereocenters. The number of nitrogens with zero attached hydrogens (tertiary/aromatic N) is 1. The summed E-state index contributed by atoms with van der Waals surface area (Å²) in [5, 5.41) is 9.12. The normalized spacial score (nSPS) is 20.2. The van der Waals surface area contributed by atoms with E-state index in [9.17, 15) is 0 Å². The van der Waals surface area contributed by atoms with E-state index in [2.05, 4.69) is 11.0 Å². The smallest absolute Gasteiger partial charge is 0.142 e. The molecule has 1 aromatic carbocycles. The second-order valence-corrected chi connectivity index (χ2v) is 3.73. The number of rotatable bonds is 1. The molecule has 0 radical (unpaired) electrons. The highest BCUT2D eigenvalue weighted by Crippen LogP contribution is 2.33. The van der Waals surface area contributed by atoms with Gasteiger partial charge in [-0.2, -0.15) is 0 Å². The number of likely N-dealkylation sites (N-methyl/N-ethyl adjacent to an activating group) is 1. The molecule has 0 saturated carbocycles. The minimum Gasteiger partial charge on any atom is -0.489 e. The Morgan fingerprint density at radius 1 is 1.57 bits per heavy atom. The summed E-state index contributed by atoms with van der Waals surface area (Å²) in [7, 11) is 1.98. The van der Waals surface area contributed by atoms with Gasteiger partial charge in [-0.3, -0.25) is 0 Å². The van der Waals surface area contributed by atoms with Crippen LogP contribution in [0.4, 0.5) is 5.69 Å². The number of fused-ring (bicyclic) bond motifs is 1. The lowest BCUT2D eigenvalue weighted by molar-refractivity contribution is 0.191. The van der Waals surface area contributed by atoms with Gasteiger partial charge in [-0.15, -0.1) is 0 Å². The molecule has 1 atom stereocenters. The van der Waals surface area contributed by atoms with Gasteiger partial charge in [0.15, 0.2) is 0 Å². The van der Waals surface area contributed by atoms with E-state index >= 15 is 0 Å². The molecule has 0 saturated heterocycles. The molecular weight excluding hydrogens is 178 g/mol. The van der Waals surface area contributed by atoms with Crippen molar-refractivity contribution < 1.29 is 9.84 Å². The number of benzene rings is 1. The van der Waals surface area contributed by atoms with Crippen molar-refractivity contribution in [1.82, 2.24) is 0 Å². The maximum atomic E-state index is 9.12. The lowest BCUT2D eigenvalue weighted by Gasteiger charge is -2.34. The van der Waals surface area contributed by atoms with Gasteiger partial charge in [-0.25, -0.2) is 0 Å². The fraction of sp³-hybridized carbons (Fsp3) is 0.455. The summed E-state index contributed by atoms with van der Waals surface area (Å²) >= 11 is 0. The quantitative estimate of drug-likeness (QED) is 0.727. The Morgan fingerprint density at radius 2 is 2.36 bits per heavy atom. The summed E-state index contributed by atoms with van der Waals surface area (Å²) in [5.41, 5.74) is 2.25. The third-order valence-corrected chi connectivity index (χ3v) is 2.68. The van der Waals surface area contributed by atoms with Gasteiger partial charge in [-0.1, -0.05) is 6.07 Å². The molecule has 0 amide bonds. The largest absolute Gasteiger partial charge is 0.489 e. The average Bonchev–Trinajstić information content (AvgIpc) is 2.18. The van der Waals surface area contributed by atoms with Gasteiger partial charge in [0.2, 0.25) is 0 Å². The van der Waals surface area contributed by atoms with Gasteiger partial charge in [0.05, 0.1) is 18.3 Å². The van der Waals surface area contributed by atoms with Crippen molar-refractivity contribution >= 4 is 5.69 Å². The van der Waals surface area contributed by atoms with Crippen LogP contribution in [0.1, 0.15) is 5.56 Å². The molecule has 1 aromatic rings. The van der Waals surface area contributed by atoms with E-state index in [-0.39, 0.29) is 12.6 Å². The van der Waals surface area contributed by atoms with E-state index in [1.165, 1.54) is 5.56 Å². The standard InChI is InChI=1S/C11H15NO2/c1-8-3-4-10-11(5-8)14-7-9(6-13)12(10)2/h3-5,9,13H,6-7H2,1-2H3. The molecule has 0 aromatic heterocycles. The number of anilines is 1. The van der Waals surface area contributed by atoms with E-state index in [4.69, 9.17) is 9.84 Å². The van der Waals surface area contributed by atoms with Crippen LogP contribution in [0.3, 0.4) is 0 Å². The van der Waals surface area contributed by atoms with Crippen LogP contribution in [0.5, 0.6) is 5.75 Å². The first kappa shape index (κ1) is 9.34. The molecule has 76 valence electrons. The number of aliphatic hydroxyl groups excluding tert-OH is 1. The molecule has 1 aliphatic rings. The van der Waals surface area contributed by atoms with Crippen molar-refractivity contribution in [2.24, 2.45) is 0 Å². The van der Waals surface area contributed by atoms with Gasteiger partial charge in [0.1, 0.15) is 12.4 Å². The monoisotopic (exact) mass is 193 g/mol. The van der Waals surface area contributed by atoms with Crippen LogP contribution in [0, 0.1) is 6.92 Å². The van der Waals surface area contributed by atoms with Crippen molar-refractivity contribution in [2.75, 3.05) is 25.2 Å². The summed E-state index contributed by atoms with van der Waals surface area (Å²) in [6.45, 7) is 2.73. The maximum absolute atomic E-state index is 9.12. The molecule has 2 rings (SSSR count).